The van der Waals surface area contributed by atoms with Crippen LogP contribution in [0, 0.1) is 11.3 Å². The second-order valence-corrected chi connectivity index (χ2v) is 9.99. The van der Waals surface area contributed by atoms with Crippen LogP contribution in [0.2, 0.25) is 0 Å². The van der Waals surface area contributed by atoms with Gasteiger partial charge in [-0.3, -0.25) is 14.5 Å². The van der Waals surface area contributed by atoms with E-state index >= 15 is 0 Å². The third-order valence-electron chi connectivity index (χ3n) is 6.39. The van der Waals surface area contributed by atoms with Crippen molar-refractivity contribution in [1.29, 1.82) is 5.26 Å². The van der Waals surface area contributed by atoms with Gasteiger partial charge in [0.05, 0.1) is 38.0 Å². The number of benzene rings is 1. The summed E-state index contributed by atoms with van der Waals surface area (Å²) in [6, 6.07) is 8.71. The first-order chi connectivity index (χ1) is 17.9. The van der Waals surface area contributed by atoms with E-state index in [1.165, 1.54) is 7.11 Å². The minimum atomic E-state index is -0.725. The van der Waals surface area contributed by atoms with Crippen LogP contribution in [0.4, 0.5) is 0 Å². The van der Waals surface area contributed by atoms with Crippen molar-refractivity contribution >= 4 is 29.5 Å². The van der Waals surface area contributed by atoms with Crippen LogP contribution in [0.5, 0.6) is 0 Å². The molecule has 1 aromatic heterocycles. The van der Waals surface area contributed by atoms with E-state index in [4.69, 9.17) is 4.74 Å². The third-order valence-corrected chi connectivity index (χ3v) is 7.04. The summed E-state index contributed by atoms with van der Waals surface area (Å²) in [5.74, 6) is -0.0692. The molecule has 0 spiro atoms. The fraction of sp³-hybridized carbons (Fsp3) is 0.500. The summed E-state index contributed by atoms with van der Waals surface area (Å²) in [4.78, 5) is 49.1. The molecule has 10 nitrogen and oxygen atoms in total. The van der Waals surface area contributed by atoms with Crippen LogP contribution in [0.15, 0.2) is 36.8 Å². The van der Waals surface area contributed by atoms with Crippen LogP contribution >= 0.6 is 11.8 Å². The second kappa shape index (κ2) is 14.4. The highest BCUT2D eigenvalue weighted by Crippen LogP contribution is 2.21. The first-order valence-electron chi connectivity index (χ1n) is 12.3. The largest absolute Gasteiger partial charge is 0.467 e. The summed E-state index contributed by atoms with van der Waals surface area (Å²) >= 11 is 1.59. The molecule has 11 heteroatoms. The molecule has 2 aromatic rings. The Morgan fingerprint density at radius 2 is 2.19 bits per heavy atom. The molecule has 0 aliphatic carbocycles. The number of hydrogen-bond donors (Lipinski definition) is 2. The highest BCUT2D eigenvalue weighted by molar-refractivity contribution is 7.98. The summed E-state index contributed by atoms with van der Waals surface area (Å²) in [6.07, 6.45) is 7.55. The quantitative estimate of drug-likeness (QED) is 0.377. The number of rotatable bonds is 13. The number of carbonyl (C=O) groups is 3. The monoisotopic (exact) mass is 526 g/mol. The molecule has 2 heterocycles. The van der Waals surface area contributed by atoms with Crippen LogP contribution in [0.1, 0.15) is 36.1 Å². The lowest BCUT2D eigenvalue weighted by Crippen LogP contribution is -2.49. The Labute approximate surface area is 221 Å². The van der Waals surface area contributed by atoms with E-state index in [-0.39, 0.29) is 30.8 Å². The van der Waals surface area contributed by atoms with Crippen LogP contribution in [0.3, 0.4) is 0 Å². The highest BCUT2D eigenvalue weighted by Gasteiger charge is 2.31. The molecule has 1 unspecified atom stereocenters. The molecule has 0 saturated carbocycles. The van der Waals surface area contributed by atoms with E-state index in [0.717, 1.165) is 24.1 Å². The zero-order chi connectivity index (χ0) is 26.6. The van der Waals surface area contributed by atoms with Crippen molar-refractivity contribution in [3.63, 3.8) is 0 Å². The number of thioether (sulfide) groups is 1. The number of nitrogens with one attached hydrogen (secondary N) is 2. The van der Waals surface area contributed by atoms with Crippen LogP contribution in [0.25, 0.3) is 0 Å². The van der Waals surface area contributed by atoms with E-state index in [2.05, 4.69) is 21.4 Å². The van der Waals surface area contributed by atoms with E-state index in [1.807, 2.05) is 28.2 Å². The molecule has 37 heavy (non-hydrogen) atoms. The summed E-state index contributed by atoms with van der Waals surface area (Å²) in [7, 11) is 1.31. The molecular formula is C26H34N6O4S. The van der Waals surface area contributed by atoms with Gasteiger partial charge in [0.25, 0.3) is 0 Å². The number of aromatic amines is 1. The minimum absolute atomic E-state index is 0.0106. The number of hydrogen-bond acceptors (Lipinski definition) is 8. The molecule has 0 radical (unpaired) electrons. The molecule has 1 saturated heterocycles. The molecule has 1 aliphatic heterocycles. The predicted molar refractivity (Wildman–Crippen MR) is 140 cm³/mol. The summed E-state index contributed by atoms with van der Waals surface area (Å²) in [5.41, 5.74) is 2.10. The van der Waals surface area contributed by atoms with Crippen molar-refractivity contribution in [2.24, 2.45) is 0 Å². The molecule has 0 bridgehead atoms. The van der Waals surface area contributed by atoms with Gasteiger partial charge < -0.3 is 19.9 Å². The molecule has 198 valence electrons. The first-order valence-corrected chi connectivity index (χ1v) is 13.7. The smallest absolute Gasteiger partial charge is 0.328 e. The van der Waals surface area contributed by atoms with Crippen molar-refractivity contribution in [3.05, 3.63) is 53.6 Å². The lowest BCUT2D eigenvalue weighted by atomic mass is 10.1. The van der Waals surface area contributed by atoms with Gasteiger partial charge in [-0.15, -0.1) is 0 Å². The Balaban J connectivity index is 1.74. The van der Waals surface area contributed by atoms with Gasteiger partial charge in [-0.2, -0.15) is 17.0 Å². The third kappa shape index (κ3) is 8.33. The number of amides is 2. The lowest BCUT2D eigenvalue weighted by molar-refractivity contribution is -0.145. The van der Waals surface area contributed by atoms with Crippen molar-refractivity contribution in [3.8, 4) is 6.07 Å². The van der Waals surface area contributed by atoms with Gasteiger partial charge in [-0.1, -0.05) is 18.2 Å². The fourth-order valence-corrected chi connectivity index (χ4v) is 5.03. The predicted octanol–water partition coefficient (Wildman–Crippen LogP) is 1.73. The Morgan fingerprint density at radius 3 is 2.89 bits per heavy atom. The number of nitriles is 1. The van der Waals surface area contributed by atoms with Gasteiger partial charge in [0, 0.05) is 37.6 Å². The molecular weight excluding hydrogens is 492 g/mol. The summed E-state index contributed by atoms with van der Waals surface area (Å²) in [6.45, 7) is 1.51. The van der Waals surface area contributed by atoms with Crippen molar-refractivity contribution in [2.75, 3.05) is 38.8 Å². The first kappa shape index (κ1) is 28.2. The Morgan fingerprint density at radius 1 is 1.38 bits per heavy atom. The number of ether oxygens (including phenoxy) is 1. The molecule has 3 rings (SSSR count). The summed E-state index contributed by atoms with van der Waals surface area (Å²) < 4.78 is 4.87. The van der Waals surface area contributed by atoms with Crippen LogP contribution in [-0.2, 0) is 32.1 Å². The van der Waals surface area contributed by atoms with E-state index in [1.54, 1.807) is 36.4 Å². The maximum absolute atomic E-state index is 13.1. The van der Waals surface area contributed by atoms with E-state index in [9.17, 15) is 19.6 Å². The highest BCUT2D eigenvalue weighted by atomic mass is 32.2. The molecule has 2 atom stereocenters. The van der Waals surface area contributed by atoms with Crippen molar-refractivity contribution in [1.82, 2.24) is 25.1 Å². The molecule has 1 fully saturated rings. The van der Waals surface area contributed by atoms with E-state index in [0.29, 0.717) is 37.4 Å². The average molecular weight is 527 g/mol. The van der Waals surface area contributed by atoms with Crippen LogP contribution in [-0.4, -0.2) is 88.4 Å². The Kier molecular flexibility index (Phi) is 11.0. The van der Waals surface area contributed by atoms with Crippen molar-refractivity contribution < 1.29 is 19.1 Å². The molecule has 2 N–H and O–H groups in total. The van der Waals surface area contributed by atoms with Gasteiger partial charge in [0.2, 0.25) is 11.8 Å². The summed E-state index contributed by atoms with van der Waals surface area (Å²) in [5, 5.41) is 12.4. The number of likely N-dealkylation sites (tertiary alicyclic amines) is 1. The number of esters is 1. The number of aromatic nitrogens is 2. The lowest BCUT2D eigenvalue weighted by Gasteiger charge is -2.31. The maximum Gasteiger partial charge on any atom is 0.328 e. The normalized spacial score (nSPS) is 15.8. The Hall–Kier alpha value is -3.36. The molecule has 1 aliphatic rings. The fourth-order valence-electron chi connectivity index (χ4n) is 4.56. The number of H-pyrrole nitrogens is 1. The number of carbonyl (C=O) groups excluding carboxylic acids is 3. The standard InChI is InChI=1S/C26H34N6O4S/c1-36-26(35)23(9-11-37-2)30-24(33)17-31(15-20-7-4-3-6-19(20)13-27)16-22-8-5-10-32(22)25(34)12-21-14-28-18-29-21/h3-4,6-7,14,18,22-23H,5,8-12,15-17H2,1-2H3,(H,28,29)(H,30,33)/t22-,23?/m0/s1. The van der Waals surface area contributed by atoms with Gasteiger partial charge in [-0.05, 0) is 42.9 Å². The van der Waals surface area contributed by atoms with Gasteiger partial charge in [-0.25, -0.2) is 9.78 Å². The molecule has 1 aromatic carbocycles. The second-order valence-electron chi connectivity index (χ2n) is 9.00. The minimum Gasteiger partial charge on any atom is -0.467 e. The van der Waals surface area contributed by atoms with E-state index < -0.39 is 12.0 Å². The SMILES string of the molecule is COC(=O)C(CCSC)NC(=O)CN(Cc1ccccc1C#N)C[C@@H]1CCCN1C(=O)Cc1cnc[nH]1. The zero-order valence-electron chi connectivity index (χ0n) is 21.3. The average Bonchev–Trinajstić information content (AvgIpc) is 3.58. The number of nitrogens with zero attached hydrogens (tertiary/aromatic N) is 4. The van der Waals surface area contributed by atoms with Crippen LogP contribution < -0.4 is 5.32 Å². The van der Waals surface area contributed by atoms with Gasteiger partial charge in [0.15, 0.2) is 0 Å². The number of methoxy groups -OCH3 is 1. The number of imidazole rings is 1. The maximum atomic E-state index is 13.1. The van der Waals surface area contributed by atoms with Gasteiger partial charge in [0.1, 0.15) is 6.04 Å². The molecule has 2 amide bonds. The van der Waals surface area contributed by atoms with Crippen molar-refractivity contribution in [2.45, 2.75) is 44.3 Å². The van der Waals surface area contributed by atoms with Gasteiger partial charge >= 0.3 is 5.97 Å². The Bertz CT molecular complexity index is 1090. The zero-order valence-corrected chi connectivity index (χ0v) is 22.1. The topological polar surface area (TPSA) is 131 Å².